The molecule has 4 amide bonds. The molecule has 7 aromatic carbocycles. The van der Waals surface area contributed by atoms with Gasteiger partial charge in [-0.15, -0.1) is 0 Å². The third kappa shape index (κ3) is 11.2. The lowest BCUT2D eigenvalue weighted by atomic mass is 10.0. The van der Waals surface area contributed by atoms with Gasteiger partial charge in [-0.2, -0.15) is 50.5 Å². The standard InChI is InChI=1S/C44H35N5O22S6/c1-22-6-7-24(13-33(22)46-20-50)43(52)48(35-8-10-37(74(60,61)62)30-16-28(72(54,55)56)18-39(41(30)35)76(66,67)68)26-4-3-5-27(15-26)49(44(53)25-12-32(45)23(2)34(14-25)47-21-51)36-9-11-38(75(63,64)65)31-17-29(73(57,58)59)19-40(42(31)36)77(69,70)71/h3-21H,45H2,1-2H3,(H,46,50)(H,47,51)(H,54,55,56)(H,57,58,59)(H,60,61,62)(H,63,64,65)(H,66,67,68)(H,69,70,71). The van der Waals surface area contributed by atoms with Crippen LogP contribution in [0.25, 0.3) is 21.5 Å². The van der Waals surface area contributed by atoms with Crippen LogP contribution in [-0.2, 0) is 70.3 Å². The van der Waals surface area contributed by atoms with Crippen molar-refractivity contribution in [3.8, 4) is 0 Å². The van der Waals surface area contributed by atoms with Gasteiger partial charge < -0.3 is 16.4 Å². The Hall–Kier alpha value is -7.80. The summed E-state index contributed by atoms with van der Waals surface area (Å²) in [6, 6.07) is 13.3. The highest BCUT2D eigenvalue weighted by Gasteiger charge is 2.35. The molecular formula is C44H35N5O22S6. The van der Waals surface area contributed by atoms with Gasteiger partial charge in [0.05, 0.1) is 32.5 Å². The average Bonchev–Trinajstić information content (AvgIpc) is 3.31. The van der Waals surface area contributed by atoms with Crippen molar-refractivity contribution >= 4 is 147 Å². The Bertz CT molecular complexity index is 4480. The molecule has 0 heterocycles. The number of carbonyl (C=O) groups excluding carboxylic acids is 4. The second-order valence-electron chi connectivity index (χ2n) is 16.3. The van der Waals surface area contributed by atoms with Gasteiger partial charge in [-0.1, -0.05) is 12.1 Å². The van der Waals surface area contributed by atoms with Crippen LogP contribution in [0.1, 0.15) is 31.8 Å². The van der Waals surface area contributed by atoms with Crippen LogP contribution in [0.3, 0.4) is 0 Å². The molecule has 0 aliphatic heterocycles. The number of nitrogens with two attached hydrogens (primary N) is 1. The first-order valence-electron chi connectivity index (χ1n) is 20.8. The fourth-order valence-electron chi connectivity index (χ4n) is 8.09. The van der Waals surface area contributed by atoms with Gasteiger partial charge in [-0.05, 0) is 116 Å². The smallest absolute Gasteiger partial charge is 0.295 e. The van der Waals surface area contributed by atoms with Gasteiger partial charge in [-0.25, -0.2) is 0 Å². The summed E-state index contributed by atoms with van der Waals surface area (Å²) in [5, 5.41) is 0.406. The summed E-state index contributed by atoms with van der Waals surface area (Å²) in [5.41, 5.74) is 2.80. The maximum Gasteiger partial charge on any atom is 0.295 e. The Morgan fingerprint density at radius 3 is 1.27 bits per heavy atom. The molecule has 0 bridgehead atoms. The fraction of sp³-hybridized carbons (Fsp3) is 0.0455. The maximum atomic E-state index is 15.4. The molecule has 7 rings (SSSR count). The fourth-order valence-corrected chi connectivity index (χ4v) is 12.2. The van der Waals surface area contributed by atoms with Crippen LogP contribution in [0.15, 0.2) is 133 Å². The molecular weight excluding hydrogens is 1140 g/mol. The molecule has 0 aliphatic rings. The van der Waals surface area contributed by atoms with E-state index >= 15 is 9.59 Å². The van der Waals surface area contributed by atoms with E-state index in [9.17, 15) is 87.4 Å². The molecule has 10 N–H and O–H groups in total. The number of anilines is 7. The van der Waals surface area contributed by atoms with E-state index < -0.39 is 157 Å². The molecule has 0 unspecified atom stereocenters. The Morgan fingerprint density at radius 2 is 0.870 bits per heavy atom. The Labute approximate surface area is 436 Å². The lowest BCUT2D eigenvalue weighted by Crippen LogP contribution is -2.29. The van der Waals surface area contributed by atoms with Crippen LogP contribution in [0, 0.1) is 13.8 Å². The highest BCUT2D eigenvalue weighted by molar-refractivity contribution is 7.88. The highest BCUT2D eigenvalue weighted by atomic mass is 32.2. The minimum absolute atomic E-state index is 0.00727. The zero-order valence-corrected chi connectivity index (χ0v) is 43.5. The largest absolute Gasteiger partial charge is 0.398 e. The van der Waals surface area contributed by atoms with Gasteiger partial charge in [0.25, 0.3) is 72.5 Å². The predicted octanol–water partition coefficient (Wildman–Crippen LogP) is 4.77. The number of carbonyl (C=O) groups is 4. The molecule has 0 spiro atoms. The van der Waals surface area contributed by atoms with Crippen LogP contribution in [0.5, 0.6) is 0 Å². The Morgan fingerprint density at radius 1 is 0.468 bits per heavy atom. The van der Waals surface area contributed by atoms with E-state index in [1.807, 2.05) is 0 Å². The molecule has 0 saturated carbocycles. The van der Waals surface area contributed by atoms with Crippen LogP contribution in [0.4, 0.5) is 39.8 Å². The minimum Gasteiger partial charge on any atom is -0.398 e. The van der Waals surface area contributed by atoms with Crippen molar-refractivity contribution in [2.24, 2.45) is 0 Å². The van der Waals surface area contributed by atoms with Crippen molar-refractivity contribution in [2.45, 2.75) is 43.2 Å². The molecule has 0 fully saturated rings. The zero-order valence-electron chi connectivity index (χ0n) is 38.6. The third-order valence-electron chi connectivity index (χ3n) is 11.5. The number of hydrogen-bond donors (Lipinski definition) is 9. The predicted molar refractivity (Wildman–Crippen MR) is 272 cm³/mol. The lowest BCUT2D eigenvalue weighted by molar-refractivity contribution is -0.106. The SMILES string of the molecule is Cc1ccc(C(=O)N(c2cccc(N(C(=O)c3cc(N)c(C)c(NC=O)c3)c3ccc(S(=O)(=O)O)c4cc(S(=O)(=O)O)cc(S(=O)(=O)O)c34)c2)c2ccc(S(=O)(=O)O)c3cc(S(=O)(=O)O)cc(S(=O)(=O)O)c23)cc1NC=O. The second kappa shape index (κ2) is 20.0. The molecule has 0 radical (unpaired) electrons. The van der Waals surface area contributed by atoms with Gasteiger partial charge >= 0.3 is 0 Å². The third-order valence-corrected chi connectivity index (χ3v) is 16.8. The van der Waals surface area contributed by atoms with Crippen molar-refractivity contribution < 1.29 is 97.0 Å². The lowest BCUT2D eigenvalue weighted by Gasteiger charge is -2.30. The number of amides is 4. The first kappa shape index (κ1) is 56.9. The topological polar surface area (TPSA) is 451 Å². The molecule has 7 aromatic rings. The van der Waals surface area contributed by atoms with Crippen molar-refractivity contribution in [1.82, 2.24) is 0 Å². The Kier molecular flexibility index (Phi) is 14.8. The van der Waals surface area contributed by atoms with Crippen LogP contribution in [0.2, 0.25) is 0 Å². The number of nitrogen functional groups attached to an aromatic ring is 1. The van der Waals surface area contributed by atoms with Gasteiger partial charge in [-0.3, -0.25) is 56.3 Å². The number of hydrogen-bond acceptors (Lipinski definition) is 17. The van der Waals surface area contributed by atoms with E-state index in [1.54, 1.807) is 0 Å². The average molecular weight is 1180 g/mol. The number of rotatable bonds is 16. The van der Waals surface area contributed by atoms with Crippen molar-refractivity contribution in [3.63, 3.8) is 0 Å². The van der Waals surface area contributed by atoms with E-state index in [0.717, 1.165) is 42.5 Å². The quantitative estimate of drug-likeness (QED) is 0.0357. The summed E-state index contributed by atoms with van der Waals surface area (Å²) in [6.45, 7) is 2.92. The summed E-state index contributed by atoms with van der Waals surface area (Å²) < 4.78 is 217. The number of nitrogens with zero attached hydrogens (tertiary/aromatic N) is 2. The maximum absolute atomic E-state index is 15.4. The van der Waals surface area contributed by atoms with Crippen LogP contribution < -0.4 is 26.2 Å². The van der Waals surface area contributed by atoms with E-state index in [0.29, 0.717) is 51.8 Å². The molecule has 0 atom stereocenters. The first-order valence-corrected chi connectivity index (χ1v) is 29.4. The van der Waals surface area contributed by atoms with Gasteiger partial charge in [0.1, 0.15) is 19.6 Å². The van der Waals surface area contributed by atoms with Crippen LogP contribution in [-0.4, -0.2) is 102 Å². The van der Waals surface area contributed by atoms with E-state index in [-0.39, 0.29) is 47.6 Å². The molecule has 77 heavy (non-hydrogen) atoms. The van der Waals surface area contributed by atoms with E-state index in [4.69, 9.17) is 5.73 Å². The Balaban J connectivity index is 1.70. The summed E-state index contributed by atoms with van der Waals surface area (Å²) in [5.74, 6) is -2.61. The number of fused-ring (bicyclic) bond motifs is 2. The molecule has 27 nitrogen and oxygen atoms in total. The van der Waals surface area contributed by atoms with Crippen molar-refractivity contribution in [3.05, 3.63) is 125 Å². The molecule has 0 aromatic heterocycles. The number of nitrogens with one attached hydrogen (secondary N) is 2. The molecule has 0 saturated heterocycles. The van der Waals surface area contributed by atoms with Gasteiger partial charge in [0.15, 0.2) is 0 Å². The number of aryl methyl sites for hydroxylation is 1. The monoisotopic (exact) mass is 1180 g/mol. The first-order chi connectivity index (χ1) is 35.5. The minimum atomic E-state index is -5.83. The van der Waals surface area contributed by atoms with E-state index in [2.05, 4.69) is 10.6 Å². The highest BCUT2D eigenvalue weighted by Crippen LogP contribution is 2.46. The second-order valence-corrected chi connectivity index (χ2v) is 24.7. The number of benzene rings is 7. The summed E-state index contributed by atoms with van der Waals surface area (Å²) >= 11 is 0. The summed E-state index contributed by atoms with van der Waals surface area (Å²) in [4.78, 5) is 46.8. The zero-order chi connectivity index (χ0) is 57.3. The molecule has 33 heteroatoms. The summed E-state index contributed by atoms with van der Waals surface area (Å²) in [7, 11) is -33.7. The van der Waals surface area contributed by atoms with E-state index in [1.165, 1.54) is 26.0 Å². The summed E-state index contributed by atoms with van der Waals surface area (Å²) in [6.07, 6.45) is 0.434. The molecule has 404 valence electrons. The normalized spacial score (nSPS) is 12.5. The van der Waals surface area contributed by atoms with Crippen molar-refractivity contribution in [2.75, 3.05) is 26.2 Å². The van der Waals surface area contributed by atoms with Crippen LogP contribution >= 0.6 is 0 Å². The van der Waals surface area contributed by atoms with Crippen molar-refractivity contribution in [1.29, 1.82) is 0 Å². The van der Waals surface area contributed by atoms with Gasteiger partial charge in [0.2, 0.25) is 12.8 Å². The van der Waals surface area contributed by atoms with Gasteiger partial charge in [0, 0.05) is 49.7 Å². The molecule has 0 aliphatic carbocycles.